The first-order valence-corrected chi connectivity index (χ1v) is 4.86. The number of nitrogens with one attached hydrogen (secondary N) is 1. The van der Waals surface area contributed by atoms with E-state index < -0.39 is 0 Å². The molecule has 1 amide bonds. The Morgan fingerprint density at radius 1 is 0.933 bits per heavy atom. The molecular formula is C13H15NO. The van der Waals surface area contributed by atoms with Gasteiger partial charge in [-0.1, -0.05) is 48.5 Å². The SMILES string of the molecule is CNC(C)=O.c1ccc2ccccc2c1. The molecule has 2 rings (SSSR count). The first kappa shape index (κ1) is 11.2. The van der Waals surface area contributed by atoms with Gasteiger partial charge in [0.25, 0.3) is 0 Å². The van der Waals surface area contributed by atoms with Crippen LogP contribution < -0.4 is 5.32 Å². The molecule has 0 saturated carbocycles. The summed E-state index contributed by atoms with van der Waals surface area (Å²) in [7, 11) is 1.60. The second kappa shape index (κ2) is 5.81. The lowest BCUT2D eigenvalue weighted by Gasteiger charge is -1.92. The molecule has 0 bridgehead atoms. The first-order chi connectivity index (χ1) is 7.24. The summed E-state index contributed by atoms with van der Waals surface area (Å²) in [4.78, 5) is 9.70. The predicted molar refractivity (Wildman–Crippen MR) is 63.7 cm³/mol. The van der Waals surface area contributed by atoms with Crippen LogP contribution in [0.4, 0.5) is 0 Å². The highest BCUT2D eigenvalue weighted by atomic mass is 16.1. The van der Waals surface area contributed by atoms with Gasteiger partial charge in [-0.05, 0) is 10.8 Å². The zero-order chi connectivity index (χ0) is 11.1. The average molecular weight is 201 g/mol. The van der Waals surface area contributed by atoms with Crippen LogP contribution in [0.3, 0.4) is 0 Å². The Bertz CT molecular complexity index is 372. The molecule has 0 atom stereocenters. The maximum atomic E-state index is 9.70. The van der Waals surface area contributed by atoms with E-state index in [0.717, 1.165) is 0 Å². The predicted octanol–water partition coefficient (Wildman–Crippen LogP) is 2.59. The molecule has 0 aliphatic rings. The van der Waals surface area contributed by atoms with Crippen LogP contribution in [-0.2, 0) is 4.79 Å². The fourth-order valence-corrected chi connectivity index (χ4v) is 1.13. The van der Waals surface area contributed by atoms with Crippen LogP contribution in [0.15, 0.2) is 48.5 Å². The van der Waals surface area contributed by atoms with Crippen molar-refractivity contribution in [1.29, 1.82) is 0 Å². The number of hydrogen-bond donors (Lipinski definition) is 1. The lowest BCUT2D eigenvalue weighted by molar-refractivity contribution is -0.118. The average Bonchev–Trinajstić information content (AvgIpc) is 2.30. The lowest BCUT2D eigenvalue weighted by atomic mass is 10.1. The number of hydrogen-bond acceptors (Lipinski definition) is 1. The van der Waals surface area contributed by atoms with Crippen molar-refractivity contribution < 1.29 is 4.79 Å². The Labute approximate surface area is 89.9 Å². The topological polar surface area (TPSA) is 29.1 Å². The molecular weight excluding hydrogens is 186 g/mol. The molecule has 0 aliphatic carbocycles. The van der Waals surface area contributed by atoms with Crippen molar-refractivity contribution in [3.63, 3.8) is 0 Å². The summed E-state index contributed by atoms with van der Waals surface area (Å²) in [5.41, 5.74) is 0. The highest BCUT2D eigenvalue weighted by molar-refractivity contribution is 5.82. The molecule has 2 nitrogen and oxygen atoms in total. The number of fused-ring (bicyclic) bond motifs is 1. The Hall–Kier alpha value is -1.83. The van der Waals surface area contributed by atoms with Gasteiger partial charge >= 0.3 is 0 Å². The summed E-state index contributed by atoms with van der Waals surface area (Å²) in [6, 6.07) is 16.7. The van der Waals surface area contributed by atoms with Crippen molar-refractivity contribution in [3.8, 4) is 0 Å². The summed E-state index contributed by atoms with van der Waals surface area (Å²) < 4.78 is 0. The van der Waals surface area contributed by atoms with Crippen LogP contribution >= 0.6 is 0 Å². The van der Waals surface area contributed by atoms with Crippen LogP contribution in [0.5, 0.6) is 0 Å². The zero-order valence-corrected chi connectivity index (χ0v) is 9.03. The fraction of sp³-hybridized carbons (Fsp3) is 0.154. The summed E-state index contributed by atoms with van der Waals surface area (Å²) in [6.45, 7) is 1.47. The van der Waals surface area contributed by atoms with E-state index in [1.807, 2.05) is 0 Å². The van der Waals surface area contributed by atoms with Gasteiger partial charge in [0.05, 0.1) is 0 Å². The van der Waals surface area contributed by atoms with Gasteiger partial charge < -0.3 is 5.32 Å². The smallest absolute Gasteiger partial charge is 0.216 e. The van der Waals surface area contributed by atoms with Gasteiger partial charge in [0.1, 0.15) is 0 Å². The molecule has 0 saturated heterocycles. The molecule has 78 valence electrons. The molecule has 0 fully saturated rings. The molecule has 2 aromatic carbocycles. The molecule has 15 heavy (non-hydrogen) atoms. The Kier molecular flexibility index (Phi) is 4.35. The summed E-state index contributed by atoms with van der Waals surface area (Å²) >= 11 is 0. The summed E-state index contributed by atoms with van der Waals surface area (Å²) in [6.07, 6.45) is 0. The number of carbonyl (C=O) groups is 1. The number of rotatable bonds is 0. The van der Waals surface area contributed by atoms with E-state index in [-0.39, 0.29) is 5.91 Å². The van der Waals surface area contributed by atoms with E-state index in [2.05, 4.69) is 53.8 Å². The normalized spacial score (nSPS) is 8.93. The minimum atomic E-state index is 0.00463. The molecule has 1 N–H and O–H groups in total. The van der Waals surface area contributed by atoms with E-state index >= 15 is 0 Å². The van der Waals surface area contributed by atoms with Gasteiger partial charge in [-0.15, -0.1) is 0 Å². The zero-order valence-electron chi connectivity index (χ0n) is 9.03. The van der Waals surface area contributed by atoms with Crippen LogP contribution in [-0.4, -0.2) is 13.0 Å². The molecule has 0 heterocycles. The van der Waals surface area contributed by atoms with E-state index in [9.17, 15) is 4.79 Å². The van der Waals surface area contributed by atoms with Crippen molar-refractivity contribution in [2.45, 2.75) is 6.92 Å². The van der Waals surface area contributed by atoms with E-state index in [1.54, 1.807) is 7.05 Å². The largest absolute Gasteiger partial charge is 0.359 e. The highest BCUT2D eigenvalue weighted by Crippen LogP contribution is 2.11. The minimum Gasteiger partial charge on any atom is -0.359 e. The molecule has 0 aliphatic heterocycles. The Balaban J connectivity index is 0.000000195. The molecule has 0 unspecified atom stereocenters. The van der Waals surface area contributed by atoms with Crippen molar-refractivity contribution in [2.24, 2.45) is 0 Å². The van der Waals surface area contributed by atoms with E-state index in [0.29, 0.717) is 0 Å². The van der Waals surface area contributed by atoms with Crippen molar-refractivity contribution in [3.05, 3.63) is 48.5 Å². The maximum absolute atomic E-state index is 9.70. The number of amides is 1. The van der Waals surface area contributed by atoms with E-state index in [1.165, 1.54) is 17.7 Å². The Morgan fingerprint density at radius 2 is 1.20 bits per heavy atom. The maximum Gasteiger partial charge on any atom is 0.216 e. The molecule has 2 heteroatoms. The fourth-order valence-electron chi connectivity index (χ4n) is 1.13. The van der Waals surface area contributed by atoms with Gasteiger partial charge in [0, 0.05) is 14.0 Å². The van der Waals surface area contributed by atoms with E-state index in [4.69, 9.17) is 0 Å². The third-order valence-electron chi connectivity index (χ3n) is 2.01. The van der Waals surface area contributed by atoms with Gasteiger partial charge in [-0.25, -0.2) is 0 Å². The molecule has 0 radical (unpaired) electrons. The Morgan fingerprint density at radius 3 is 1.40 bits per heavy atom. The van der Waals surface area contributed by atoms with Crippen LogP contribution in [0, 0.1) is 0 Å². The quantitative estimate of drug-likeness (QED) is 0.697. The molecule has 0 aromatic heterocycles. The third kappa shape index (κ3) is 3.81. The minimum absolute atomic E-state index is 0.00463. The van der Waals surface area contributed by atoms with Crippen LogP contribution in [0.25, 0.3) is 10.8 Å². The summed E-state index contributed by atoms with van der Waals surface area (Å²) in [5, 5.41) is 5.01. The van der Waals surface area contributed by atoms with Gasteiger partial charge in [0.15, 0.2) is 0 Å². The van der Waals surface area contributed by atoms with Crippen LogP contribution in [0.2, 0.25) is 0 Å². The van der Waals surface area contributed by atoms with Crippen LogP contribution in [0.1, 0.15) is 6.92 Å². The monoisotopic (exact) mass is 201 g/mol. The van der Waals surface area contributed by atoms with Gasteiger partial charge in [-0.3, -0.25) is 4.79 Å². The van der Waals surface area contributed by atoms with Crippen molar-refractivity contribution in [2.75, 3.05) is 7.05 Å². The number of benzene rings is 2. The van der Waals surface area contributed by atoms with Gasteiger partial charge in [0.2, 0.25) is 5.91 Å². The highest BCUT2D eigenvalue weighted by Gasteiger charge is 1.85. The van der Waals surface area contributed by atoms with Crippen molar-refractivity contribution >= 4 is 16.7 Å². The van der Waals surface area contributed by atoms with Crippen molar-refractivity contribution in [1.82, 2.24) is 5.32 Å². The third-order valence-corrected chi connectivity index (χ3v) is 2.01. The molecule has 2 aromatic rings. The second-order valence-corrected chi connectivity index (χ2v) is 3.15. The molecule has 0 spiro atoms. The summed E-state index contributed by atoms with van der Waals surface area (Å²) in [5.74, 6) is 0.00463. The lowest BCUT2D eigenvalue weighted by Crippen LogP contribution is -2.11. The first-order valence-electron chi connectivity index (χ1n) is 4.86. The standard InChI is InChI=1S/C10H8.C3H7NO/c1-2-6-10-8-4-3-7-9(10)5-1;1-3(5)4-2/h1-8H;1-2H3,(H,4,5). The second-order valence-electron chi connectivity index (χ2n) is 3.15. The van der Waals surface area contributed by atoms with Gasteiger partial charge in [-0.2, -0.15) is 0 Å². The number of carbonyl (C=O) groups excluding carboxylic acids is 1.